The molecule has 0 saturated heterocycles. The van der Waals surface area contributed by atoms with Gasteiger partial charge in [0.2, 0.25) is 0 Å². The fourth-order valence-electron chi connectivity index (χ4n) is 1.51. The normalized spacial score (nSPS) is 36.5. The SMILES string of the molecule is CCCCC1(C)C=CC(C)O1. The van der Waals surface area contributed by atoms with E-state index in [4.69, 9.17) is 4.74 Å². The Bertz CT molecular complexity index is 151. The second-order valence-corrected chi connectivity index (χ2v) is 3.60. The number of hydrogen-bond acceptors (Lipinski definition) is 1. The highest BCUT2D eigenvalue weighted by Crippen LogP contribution is 2.27. The maximum absolute atomic E-state index is 5.74. The lowest BCUT2D eigenvalue weighted by molar-refractivity contribution is -0.00949. The molecule has 0 aliphatic carbocycles. The highest BCUT2D eigenvalue weighted by molar-refractivity contribution is 5.08. The highest BCUT2D eigenvalue weighted by atomic mass is 16.5. The summed E-state index contributed by atoms with van der Waals surface area (Å²) in [6.45, 7) is 6.47. The zero-order valence-corrected chi connectivity index (χ0v) is 7.76. The highest BCUT2D eigenvalue weighted by Gasteiger charge is 2.27. The van der Waals surface area contributed by atoms with E-state index in [1.807, 2.05) is 0 Å². The van der Waals surface area contributed by atoms with E-state index in [1.165, 1.54) is 12.8 Å². The second-order valence-electron chi connectivity index (χ2n) is 3.60. The van der Waals surface area contributed by atoms with Crippen molar-refractivity contribution in [2.45, 2.75) is 51.7 Å². The van der Waals surface area contributed by atoms with Crippen LogP contribution in [0.2, 0.25) is 0 Å². The Morgan fingerprint density at radius 1 is 1.55 bits per heavy atom. The quantitative estimate of drug-likeness (QED) is 0.568. The lowest BCUT2D eigenvalue weighted by Gasteiger charge is -2.23. The molecule has 1 aliphatic heterocycles. The van der Waals surface area contributed by atoms with Crippen molar-refractivity contribution in [3.8, 4) is 0 Å². The minimum Gasteiger partial charge on any atom is -0.364 e. The Morgan fingerprint density at radius 3 is 2.73 bits per heavy atom. The van der Waals surface area contributed by atoms with Crippen molar-refractivity contribution in [3.05, 3.63) is 12.2 Å². The first-order chi connectivity index (χ1) is 5.16. The van der Waals surface area contributed by atoms with E-state index in [9.17, 15) is 0 Å². The van der Waals surface area contributed by atoms with Gasteiger partial charge in [0.05, 0.1) is 11.7 Å². The van der Waals surface area contributed by atoms with Gasteiger partial charge in [-0.2, -0.15) is 0 Å². The van der Waals surface area contributed by atoms with Gasteiger partial charge >= 0.3 is 0 Å². The molecule has 1 nitrogen and oxygen atoms in total. The van der Waals surface area contributed by atoms with E-state index in [2.05, 4.69) is 32.9 Å². The summed E-state index contributed by atoms with van der Waals surface area (Å²) in [4.78, 5) is 0. The van der Waals surface area contributed by atoms with Gasteiger partial charge in [0.25, 0.3) is 0 Å². The predicted molar refractivity (Wildman–Crippen MR) is 47.6 cm³/mol. The lowest BCUT2D eigenvalue weighted by atomic mass is 10.00. The van der Waals surface area contributed by atoms with Crippen LogP contribution in [-0.2, 0) is 4.74 Å². The third-order valence-corrected chi connectivity index (χ3v) is 2.20. The van der Waals surface area contributed by atoms with Crippen LogP contribution >= 0.6 is 0 Å². The summed E-state index contributed by atoms with van der Waals surface area (Å²) in [5.41, 5.74) is 0.0371. The van der Waals surface area contributed by atoms with Crippen LogP contribution in [0.15, 0.2) is 12.2 Å². The van der Waals surface area contributed by atoms with Gasteiger partial charge in [0.15, 0.2) is 0 Å². The summed E-state index contributed by atoms with van der Waals surface area (Å²) < 4.78 is 5.74. The molecule has 2 atom stereocenters. The molecule has 0 radical (unpaired) electrons. The molecule has 0 aromatic heterocycles. The maximum atomic E-state index is 5.74. The van der Waals surface area contributed by atoms with Crippen molar-refractivity contribution in [1.29, 1.82) is 0 Å². The summed E-state index contributed by atoms with van der Waals surface area (Å²) in [7, 11) is 0. The van der Waals surface area contributed by atoms with E-state index >= 15 is 0 Å². The molecule has 2 unspecified atom stereocenters. The Morgan fingerprint density at radius 2 is 2.27 bits per heavy atom. The van der Waals surface area contributed by atoms with Gasteiger partial charge in [-0.05, 0) is 20.3 Å². The second kappa shape index (κ2) is 3.40. The molecule has 0 spiro atoms. The third-order valence-electron chi connectivity index (χ3n) is 2.20. The molecule has 0 saturated carbocycles. The van der Waals surface area contributed by atoms with Gasteiger partial charge in [-0.3, -0.25) is 0 Å². The summed E-state index contributed by atoms with van der Waals surface area (Å²) in [5, 5.41) is 0. The number of rotatable bonds is 3. The zero-order chi connectivity index (χ0) is 8.32. The Labute approximate surface area is 69.4 Å². The van der Waals surface area contributed by atoms with Crippen molar-refractivity contribution in [2.24, 2.45) is 0 Å². The first-order valence-electron chi connectivity index (χ1n) is 4.53. The van der Waals surface area contributed by atoms with Crippen molar-refractivity contribution in [2.75, 3.05) is 0 Å². The maximum Gasteiger partial charge on any atom is 0.0843 e. The largest absolute Gasteiger partial charge is 0.364 e. The molecular formula is C10H18O. The van der Waals surface area contributed by atoms with E-state index in [-0.39, 0.29) is 5.60 Å². The molecule has 0 aromatic carbocycles. The van der Waals surface area contributed by atoms with Crippen LogP contribution in [0.1, 0.15) is 40.0 Å². The van der Waals surface area contributed by atoms with Crippen molar-refractivity contribution >= 4 is 0 Å². The first-order valence-corrected chi connectivity index (χ1v) is 4.53. The minimum atomic E-state index is 0.0371. The van der Waals surface area contributed by atoms with Gasteiger partial charge in [-0.1, -0.05) is 31.9 Å². The monoisotopic (exact) mass is 154 g/mol. The Hall–Kier alpha value is -0.300. The fourth-order valence-corrected chi connectivity index (χ4v) is 1.51. The molecule has 11 heavy (non-hydrogen) atoms. The summed E-state index contributed by atoms with van der Waals surface area (Å²) >= 11 is 0. The van der Waals surface area contributed by atoms with E-state index in [0.717, 1.165) is 6.42 Å². The summed E-state index contributed by atoms with van der Waals surface area (Å²) in [6, 6.07) is 0. The molecule has 0 N–H and O–H groups in total. The van der Waals surface area contributed by atoms with Crippen LogP contribution in [0.5, 0.6) is 0 Å². The first kappa shape index (κ1) is 8.79. The topological polar surface area (TPSA) is 9.23 Å². The van der Waals surface area contributed by atoms with Crippen molar-refractivity contribution in [1.82, 2.24) is 0 Å². The smallest absolute Gasteiger partial charge is 0.0843 e. The van der Waals surface area contributed by atoms with Gasteiger partial charge in [0.1, 0.15) is 0 Å². The van der Waals surface area contributed by atoms with E-state index < -0.39 is 0 Å². The summed E-state index contributed by atoms with van der Waals surface area (Å²) in [6.07, 6.45) is 8.33. The van der Waals surface area contributed by atoms with E-state index in [1.54, 1.807) is 0 Å². The average molecular weight is 154 g/mol. The van der Waals surface area contributed by atoms with Crippen LogP contribution in [-0.4, -0.2) is 11.7 Å². The fraction of sp³-hybridized carbons (Fsp3) is 0.800. The number of ether oxygens (including phenoxy) is 1. The molecule has 0 bridgehead atoms. The van der Waals surface area contributed by atoms with E-state index in [0.29, 0.717) is 6.10 Å². The number of hydrogen-bond donors (Lipinski definition) is 0. The molecule has 1 heteroatoms. The predicted octanol–water partition coefficient (Wildman–Crippen LogP) is 2.91. The molecule has 1 aliphatic rings. The van der Waals surface area contributed by atoms with Crippen LogP contribution in [0.3, 0.4) is 0 Å². The van der Waals surface area contributed by atoms with Crippen molar-refractivity contribution < 1.29 is 4.74 Å². The Kier molecular flexibility index (Phi) is 2.72. The van der Waals surface area contributed by atoms with Gasteiger partial charge < -0.3 is 4.74 Å². The average Bonchev–Trinajstić information content (AvgIpc) is 2.28. The molecule has 0 aromatic rings. The third kappa shape index (κ3) is 2.33. The van der Waals surface area contributed by atoms with Gasteiger partial charge in [-0.25, -0.2) is 0 Å². The zero-order valence-electron chi connectivity index (χ0n) is 7.76. The van der Waals surface area contributed by atoms with Crippen LogP contribution in [0.25, 0.3) is 0 Å². The molecule has 1 heterocycles. The van der Waals surface area contributed by atoms with Crippen LogP contribution < -0.4 is 0 Å². The van der Waals surface area contributed by atoms with Gasteiger partial charge in [-0.15, -0.1) is 0 Å². The molecule has 0 fully saturated rings. The van der Waals surface area contributed by atoms with Crippen LogP contribution in [0.4, 0.5) is 0 Å². The molecule has 0 amide bonds. The van der Waals surface area contributed by atoms with Crippen LogP contribution in [0, 0.1) is 0 Å². The minimum absolute atomic E-state index is 0.0371. The summed E-state index contributed by atoms with van der Waals surface area (Å²) in [5.74, 6) is 0. The molecule has 64 valence electrons. The van der Waals surface area contributed by atoms with Gasteiger partial charge in [0, 0.05) is 0 Å². The molecular weight excluding hydrogens is 136 g/mol. The number of unbranched alkanes of at least 4 members (excludes halogenated alkanes) is 1. The lowest BCUT2D eigenvalue weighted by Crippen LogP contribution is -2.24. The van der Waals surface area contributed by atoms with Crippen molar-refractivity contribution in [3.63, 3.8) is 0 Å². The standard InChI is InChI=1S/C10H18O/c1-4-5-7-10(3)8-6-9(2)11-10/h6,8-9H,4-5,7H2,1-3H3. The molecule has 1 rings (SSSR count). The Balaban J connectivity index is 2.37.